The van der Waals surface area contributed by atoms with Crippen LogP contribution in [0.25, 0.3) is 0 Å². The maximum atomic E-state index is 13.6. The van der Waals surface area contributed by atoms with E-state index in [0.29, 0.717) is 0 Å². The minimum atomic E-state index is -0.310. The largest absolute Gasteiger partial charge is 0.212 e. The number of hydrogen-bond donors (Lipinski definition) is 0. The van der Waals surface area contributed by atoms with E-state index in [1.807, 2.05) is 6.08 Å². The van der Waals surface area contributed by atoms with Crippen molar-refractivity contribution < 1.29 is 8.78 Å². The van der Waals surface area contributed by atoms with Crippen LogP contribution in [0.15, 0.2) is 47.6 Å². The van der Waals surface area contributed by atoms with Gasteiger partial charge in [0.15, 0.2) is 0 Å². The molecule has 0 saturated carbocycles. The molecule has 0 aromatic heterocycles. The highest BCUT2D eigenvalue weighted by Crippen LogP contribution is 2.37. The molecule has 2 unspecified atom stereocenters. The Balaban J connectivity index is 2.01. The second-order valence-electron chi connectivity index (χ2n) is 4.76. The van der Waals surface area contributed by atoms with Gasteiger partial charge in [0.05, 0.1) is 0 Å². The third-order valence-corrected chi connectivity index (χ3v) is 3.46. The van der Waals surface area contributed by atoms with Gasteiger partial charge in [-0.15, -0.1) is 0 Å². The van der Waals surface area contributed by atoms with Gasteiger partial charge in [0.2, 0.25) is 0 Å². The lowest BCUT2D eigenvalue weighted by Gasteiger charge is -2.26. The molecule has 0 N–H and O–H groups in total. The van der Waals surface area contributed by atoms with E-state index in [-0.39, 0.29) is 29.9 Å². The van der Waals surface area contributed by atoms with Crippen LogP contribution in [0.3, 0.4) is 0 Å². The fourth-order valence-corrected chi connectivity index (χ4v) is 2.48. The van der Waals surface area contributed by atoms with Crippen molar-refractivity contribution in [3.8, 4) is 0 Å². The second-order valence-corrected chi connectivity index (χ2v) is 4.76. The Bertz CT molecular complexity index is 399. The van der Waals surface area contributed by atoms with E-state index in [1.165, 1.54) is 17.7 Å². The molecule has 0 fully saturated rings. The van der Waals surface area contributed by atoms with Gasteiger partial charge in [0.1, 0.15) is 11.7 Å². The van der Waals surface area contributed by atoms with Crippen LogP contribution in [0.4, 0.5) is 8.78 Å². The predicted molar refractivity (Wildman–Crippen MR) is 66.7 cm³/mol. The highest BCUT2D eigenvalue weighted by Gasteiger charge is 2.27. The van der Waals surface area contributed by atoms with Crippen molar-refractivity contribution in [3.05, 3.63) is 47.6 Å². The lowest BCUT2D eigenvalue weighted by molar-refractivity contribution is 0.344. The Kier molecular flexibility index (Phi) is 3.93. The Morgan fingerprint density at radius 3 is 2.76 bits per heavy atom. The summed E-state index contributed by atoms with van der Waals surface area (Å²) in [5.74, 6) is -0.608. The molecule has 0 heterocycles. The van der Waals surface area contributed by atoms with Gasteiger partial charge in [-0.1, -0.05) is 37.1 Å². The Hall–Kier alpha value is -1.18. The van der Waals surface area contributed by atoms with Crippen LogP contribution in [0.5, 0.6) is 0 Å². The third kappa shape index (κ3) is 2.93. The monoisotopic (exact) mass is 236 g/mol. The summed E-state index contributed by atoms with van der Waals surface area (Å²) in [5, 5.41) is 0. The van der Waals surface area contributed by atoms with Crippen LogP contribution in [0, 0.1) is 11.8 Å². The lowest BCUT2D eigenvalue weighted by Crippen LogP contribution is -2.17. The molecular weight excluding hydrogens is 218 g/mol. The molecule has 0 amide bonds. The number of hydrogen-bond acceptors (Lipinski definition) is 0. The van der Waals surface area contributed by atoms with Crippen molar-refractivity contribution in [2.24, 2.45) is 11.8 Å². The van der Waals surface area contributed by atoms with Crippen molar-refractivity contribution in [1.29, 1.82) is 0 Å². The summed E-state index contributed by atoms with van der Waals surface area (Å²) in [6.45, 7) is 2.14. The topological polar surface area (TPSA) is 0 Å². The van der Waals surface area contributed by atoms with Crippen molar-refractivity contribution in [2.75, 3.05) is 0 Å². The summed E-state index contributed by atoms with van der Waals surface area (Å²) in [7, 11) is 0. The molecule has 0 aliphatic heterocycles. The van der Waals surface area contributed by atoms with Crippen molar-refractivity contribution in [2.45, 2.75) is 32.6 Å². The predicted octanol–water partition coefficient (Wildman–Crippen LogP) is 5.02. The summed E-state index contributed by atoms with van der Waals surface area (Å²) >= 11 is 0. The smallest absolute Gasteiger partial charge is 0.104 e. The van der Waals surface area contributed by atoms with Gasteiger partial charge in [-0.25, -0.2) is 8.78 Å². The van der Waals surface area contributed by atoms with Crippen LogP contribution in [-0.4, -0.2) is 0 Å². The Morgan fingerprint density at radius 1 is 1.29 bits per heavy atom. The van der Waals surface area contributed by atoms with Crippen LogP contribution in [-0.2, 0) is 0 Å². The van der Waals surface area contributed by atoms with Gasteiger partial charge in [-0.05, 0) is 30.9 Å². The molecule has 2 aliphatic carbocycles. The van der Waals surface area contributed by atoms with E-state index in [4.69, 9.17) is 0 Å². The first-order chi connectivity index (χ1) is 8.20. The summed E-state index contributed by atoms with van der Waals surface area (Å²) < 4.78 is 26.8. The van der Waals surface area contributed by atoms with E-state index >= 15 is 0 Å². The molecular formula is C15H18F2. The van der Waals surface area contributed by atoms with Crippen molar-refractivity contribution >= 4 is 0 Å². The molecule has 0 saturated heterocycles. The minimum Gasteiger partial charge on any atom is -0.212 e. The Labute approximate surface area is 101 Å². The highest BCUT2D eigenvalue weighted by molar-refractivity contribution is 5.28. The fraction of sp³-hybridized carbons (Fsp3) is 0.467. The van der Waals surface area contributed by atoms with E-state index < -0.39 is 0 Å². The zero-order chi connectivity index (χ0) is 12.3. The van der Waals surface area contributed by atoms with E-state index in [1.54, 1.807) is 0 Å². The molecule has 2 rings (SSSR count). The molecule has 0 bridgehead atoms. The first-order valence-electron chi connectivity index (χ1n) is 6.29. The minimum absolute atomic E-state index is 0.103. The average Bonchev–Trinajstić information content (AvgIpc) is 2.34. The normalized spacial score (nSPS) is 28.5. The Morgan fingerprint density at radius 2 is 2.12 bits per heavy atom. The number of halogens is 2. The first-order valence-corrected chi connectivity index (χ1v) is 6.29. The molecule has 0 aromatic carbocycles. The second kappa shape index (κ2) is 5.44. The van der Waals surface area contributed by atoms with E-state index in [9.17, 15) is 8.78 Å². The van der Waals surface area contributed by atoms with Crippen LogP contribution >= 0.6 is 0 Å². The van der Waals surface area contributed by atoms with Gasteiger partial charge in [-0.2, -0.15) is 0 Å². The summed E-state index contributed by atoms with van der Waals surface area (Å²) in [5.41, 5.74) is 1.32. The van der Waals surface area contributed by atoms with E-state index in [0.717, 1.165) is 19.3 Å². The standard InChI is InChI=1S/C15H18F2/c1-2-3-11-4-6-12(7-5-11)14-10-13(16)8-9-15(14)17/h4-6,8-9,12,14H,2-3,7,10H2,1H3. The molecule has 0 aromatic rings. The molecule has 2 atom stereocenters. The van der Waals surface area contributed by atoms with Crippen LogP contribution in [0.1, 0.15) is 32.6 Å². The highest BCUT2D eigenvalue weighted by atomic mass is 19.1. The summed E-state index contributed by atoms with van der Waals surface area (Å²) in [4.78, 5) is 0. The van der Waals surface area contributed by atoms with Crippen molar-refractivity contribution in [1.82, 2.24) is 0 Å². The van der Waals surface area contributed by atoms with Gasteiger partial charge in [-0.3, -0.25) is 0 Å². The molecule has 0 nitrogen and oxygen atoms in total. The molecule has 2 heteroatoms. The molecule has 92 valence electrons. The SMILES string of the molecule is CCCC1=CCC(C2CC(F)=CC=C2F)C=C1. The van der Waals surface area contributed by atoms with Gasteiger partial charge in [0.25, 0.3) is 0 Å². The maximum absolute atomic E-state index is 13.6. The summed E-state index contributed by atoms with van der Waals surface area (Å²) in [6, 6.07) is 0. The number of rotatable bonds is 3. The van der Waals surface area contributed by atoms with Gasteiger partial charge >= 0.3 is 0 Å². The maximum Gasteiger partial charge on any atom is 0.104 e. The molecule has 2 aliphatic rings. The first kappa shape index (κ1) is 12.3. The molecule has 0 spiro atoms. The average molecular weight is 236 g/mol. The van der Waals surface area contributed by atoms with Crippen molar-refractivity contribution in [3.63, 3.8) is 0 Å². The van der Waals surface area contributed by atoms with E-state index in [2.05, 4.69) is 19.1 Å². The summed E-state index contributed by atoms with van der Waals surface area (Å²) in [6.07, 6.45) is 12.0. The molecule has 0 radical (unpaired) electrons. The van der Waals surface area contributed by atoms with Gasteiger partial charge < -0.3 is 0 Å². The fourth-order valence-electron chi connectivity index (χ4n) is 2.48. The quantitative estimate of drug-likeness (QED) is 0.645. The van der Waals surface area contributed by atoms with Crippen LogP contribution in [0.2, 0.25) is 0 Å². The lowest BCUT2D eigenvalue weighted by atomic mass is 9.80. The van der Waals surface area contributed by atoms with Gasteiger partial charge in [0, 0.05) is 12.3 Å². The van der Waals surface area contributed by atoms with Crippen LogP contribution < -0.4 is 0 Å². The number of allylic oxidation sites excluding steroid dienone is 8. The zero-order valence-corrected chi connectivity index (χ0v) is 10.1. The zero-order valence-electron chi connectivity index (χ0n) is 10.1. The molecule has 17 heavy (non-hydrogen) atoms. The third-order valence-electron chi connectivity index (χ3n) is 3.46.